The second kappa shape index (κ2) is 12.5. The largest absolute Gasteiger partial charge is 0.493 e. The van der Waals surface area contributed by atoms with Crippen LogP contribution in [0.4, 0.5) is 0 Å². The monoisotopic (exact) mass is 420 g/mol. The maximum absolute atomic E-state index is 13.3. The molecule has 0 saturated carbocycles. The van der Waals surface area contributed by atoms with Crippen molar-refractivity contribution in [1.82, 2.24) is 10.2 Å². The van der Waals surface area contributed by atoms with Gasteiger partial charge in [-0.05, 0) is 51.8 Å². The molecule has 2 atom stereocenters. The van der Waals surface area contributed by atoms with E-state index in [1.807, 2.05) is 49.9 Å². The van der Waals surface area contributed by atoms with Crippen LogP contribution in [0.2, 0.25) is 0 Å². The second-order valence-electron chi connectivity index (χ2n) is 7.87. The zero-order chi connectivity index (χ0) is 21.9. The molecule has 30 heavy (non-hydrogen) atoms. The third kappa shape index (κ3) is 7.29. The van der Waals surface area contributed by atoms with Gasteiger partial charge in [-0.25, -0.2) is 0 Å². The highest BCUT2D eigenvalue weighted by Crippen LogP contribution is 2.22. The zero-order valence-electron chi connectivity index (χ0n) is 18.7. The summed E-state index contributed by atoms with van der Waals surface area (Å²) in [6.45, 7) is 8.15. The molecule has 0 aliphatic carbocycles. The van der Waals surface area contributed by atoms with E-state index in [1.54, 1.807) is 7.11 Å². The van der Waals surface area contributed by atoms with Gasteiger partial charge >= 0.3 is 5.97 Å². The minimum absolute atomic E-state index is 0.00276. The lowest BCUT2D eigenvalue weighted by atomic mass is 9.96. The van der Waals surface area contributed by atoms with E-state index in [4.69, 9.17) is 14.2 Å². The molecule has 168 valence electrons. The predicted octanol–water partition coefficient (Wildman–Crippen LogP) is 3.03. The van der Waals surface area contributed by atoms with E-state index < -0.39 is 0 Å². The van der Waals surface area contributed by atoms with Crippen LogP contribution in [0.1, 0.15) is 56.8 Å². The zero-order valence-corrected chi connectivity index (χ0v) is 18.7. The number of nitrogens with one attached hydrogen (secondary N) is 1. The molecule has 0 radical (unpaired) electrons. The van der Waals surface area contributed by atoms with Crippen molar-refractivity contribution in [2.75, 3.05) is 33.5 Å². The van der Waals surface area contributed by atoms with Gasteiger partial charge in [0.15, 0.2) is 0 Å². The topological polar surface area (TPSA) is 77.1 Å². The minimum atomic E-state index is -0.174. The summed E-state index contributed by atoms with van der Waals surface area (Å²) in [4.78, 5) is 27.0. The van der Waals surface area contributed by atoms with Crippen molar-refractivity contribution >= 4 is 11.9 Å². The number of hydrogen-bond acceptors (Lipinski definition) is 6. The van der Waals surface area contributed by atoms with Crippen molar-refractivity contribution in [3.05, 3.63) is 29.8 Å². The van der Waals surface area contributed by atoms with Gasteiger partial charge in [0, 0.05) is 50.4 Å². The molecular weight excluding hydrogens is 384 g/mol. The van der Waals surface area contributed by atoms with Gasteiger partial charge in [-0.1, -0.05) is 6.07 Å². The molecule has 1 aromatic rings. The SMILES string of the molecule is CCOC(=O)C[C@H]1CC[C@@H](N(C(=O)c2cccc(OCCCOC)c2)C(C)C)CN1. The number of nitrogens with zero attached hydrogens (tertiary/aromatic N) is 1. The third-order valence-corrected chi connectivity index (χ3v) is 5.24. The number of ether oxygens (including phenoxy) is 3. The summed E-state index contributed by atoms with van der Waals surface area (Å²) >= 11 is 0. The molecule has 1 saturated heterocycles. The van der Waals surface area contributed by atoms with E-state index in [1.165, 1.54) is 0 Å². The quantitative estimate of drug-likeness (QED) is 0.438. The predicted molar refractivity (Wildman–Crippen MR) is 116 cm³/mol. The van der Waals surface area contributed by atoms with Crippen LogP contribution in [0.15, 0.2) is 24.3 Å². The number of hydrogen-bond donors (Lipinski definition) is 1. The fourth-order valence-electron chi connectivity index (χ4n) is 3.82. The molecule has 2 rings (SSSR count). The number of piperidine rings is 1. The summed E-state index contributed by atoms with van der Waals surface area (Å²) in [7, 11) is 1.67. The van der Waals surface area contributed by atoms with Gasteiger partial charge in [0.1, 0.15) is 5.75 Å². The fourth-order valence-corrected chi connectivity index (χ4v) is 3.82. The lowest BCUT2D eigenvalue weighted by Gasteiger charge is -2.40. The average molecular weight is 421 g/mol. The Morgan fingerprint density at radius 1 is 1.23 bits per heavy atom. The first-order chi connectivity index (χ1) is 14.5. The highest BCUT2D eigenvalue weighted by Gasteiger charge is 2.31. The van der Waals surface area contributed by atoms with Gasteiger partial charge in [-0.15, -0.1) is 0 Å². The van der Waals surface area contributed by atoms with E-state index in [0.717, 1.165) is 19.3 Å². The highest BCUT2D eigenvalue weighted by atomic mass is 16.5. The summed E-state index contributed by atoms with van der Waals surface area (Å²) in [5, 5.41) is 3.42. The lowest BCUT2D eigenvalue weighted by molar-refractivity contribution is -0.143. The first-order valence-electron chi connectivity index (χ1n) is 10.9. The van der Waals surface area contributed by atoms with Crippen molar-refractivity contribution < 1.29 is 23.8 Å². The summed E-state index contributed by atoms with van der Waals surface area (Å²) in [6.07, 6.45) is 2.86. The summed E-state index contributed by atoms with van der Waals surface area (Å²) < 4.78 is 15.8. The first-order valence-corrected chi connectivity index (χ1v) is 10.9. The van der Waals surface area contributed by atoms with E-state index in [2.05, 4.69) is 5.32 Å². The Kier molecular flexibility index (Phi) is 10.1. The van der Waals surface area contributed by atoms with Gasteiger partial charge in [-0.2, -0.15) is 0 Å². The maximum atomic E-state index is 13.3. The Hall–Kier alpha value is -2.12. The van der Waals surface area contributed by atoms with Crippen molar-refractivity contribution in [3.63, 3.8) is 0 Å². The molecule has 7 heteroatoms. The third-order valence-electron chi connectivity index (χ3n) is 5.24. The number of carbonyl (C=O) groups excluding carboxylic acids is 2. The number of amides is 1. The van der Waals surface area contributed by atoms with Crippen LogP contribution in [0.5, 0.6) is 5.75 Å². The van der Waals surface area contributed by atoms with Crippen molar-refractivity contribution in [2.45, 2.75) is 64.6 Å². The average Bonchev–Trinajstić information content (AvgIpc) is 2.73. The molecular formula is C23H36N2O5. The Balaban J connectivity index is 1.98. The molecule has 0 unspecified atom stereocenters. The maximum Gasteiger partial charge on any atom is 0.307 e. The standard InChI is InChI=1S/C23H36N2O5/c1-5-29-22(26)15-19-10-11-20(16-24-19)25(17(2)3)23(27)18-8-6-9-21(14-18)30-13-7-12-28-4/h6,8-9,14,17,19-20,24H,5,7,10-13,15-16H2,1-4H3/t19-,20-/m1/s1. The Labute approximate surface area is 180 Å². The van der Waals surface area contributed by atoms with Crippen LogP contribution < -0.4 is 10.1 Å². The molecule has 1 heterocycles. The van der Waals surface area contributed by atoms with E-state index >= 15 is 0 Å². The normalized spacial score (nSPS) is 18.8. The van der Waals surface area contributed by atoms with Crippen LogP contribution in [-0.2, 0) is 14.3 Å². The molecule has 0 aromatic heterocycles. The van der Waals surface area contributed by atoms with Gasteiger partial charge in [0.05, 0.1) is 19.6 Å². The van der Waals surface area contributed by atoms with E-state index in [-0.39, 0.29) is 30.0 Å². The van der Waals surface area contributed by atoms with Crippen molar-refractivity contribution in [3.8, 4) is 5.75 Å². The molecule has 1 amide bonds. The smallest absolute Gasteiger partial charge is 0.307 e. The molecule has 1 aliphatic heterocycles. The van der Waals surface area contributed by atoms with Crippen molar-refractivity contribution in [2.24, 2.45) is 0 Å². The van der Waals surface area contributed by atoms with Gasteiger partial charge in [0.2, 0.25) is 0 Å². The highest BCUT2D eigenvalue weighted by molar-refractivity contribution is 5.95. The van der Waals surface area contributed by atoms with Gasteiger partial charge in [0.25, 0.3) is 5.91 Å². The number of carbonyl (C=O) groups is 2. The van der Waals surface area contributed by atoms with Gasteiger partial charge in [-0.3, -0.25) is 9.59 Å². The van der Waals surface area contributed by atoms with E-state index in [0.29, 0.717) is 44.1 Å². The summed E-state index contributed by atoms with van der Waals surface area (Å²) in [6, 6.07) is 7.62. The van der Waals surface area contributed by atoms with Crippen LogP contribution in [0.25, 0.3) is 0 Å². The van der Waals surface area contributed by atoms with Gasteiger partial charge < -0.3 is 24.4 Å². The summed E-state index contributed by atoms with van der Waals surface area (Å²) in [5.74, 6) is 0.521. The van der Waals surface area contributed by atoms with Crippen LogP contribution in [0, 0.1) is 0 Å². The number of benzene rings is 1. The molecule has 1 fully saturated rings. The second-order valence-corrected chi connectivity index (χ2v) is 7.87. The molecule has 0 spiro atoms. The lowest BCUT2D eigenvalue weighted by Crippen LogP contribution is -2.54. The Bertz CT molecular complexity index is 671. The molecule has 0 bridgehead atoms. The number of rotatable bonds is 11. The minimum Gasteiger partial charge on any atom is -0.493 e. The Morgan fingerprint density at radius 2 is 2.03 bits per heavy atom. The Morgan fingerprint density at radius 3 is 2.67 bits per heavy atom. The van der Waals surface area contributed by atoms with Crippen LogP contribution >= 0.6 is 0 Å². The first kappa shape index (κ1) is 24.2. The molecule has 1 aliphatic rings. The molecule has 7 nitrogen and oxygen atoms in total. The van der Waals surface area contributed by atoms with E-state index in [9.17, 15) is 9.59 Å². The summed E-state index contributed by atoms with van der Waals surface area (Å²) in [5.41, 5.74) is 0.626. The molecule has 1 N–H and O–H groups in total. The number of esters is 1. The molecule has 1 aromatic carbocycles. The number of methoxy groups -OCH3 is 1. The fraction of sp³-hybridized carbons (Fsp3) is 0.652. The van der Waals surface area contributed by atoms with Crippen molar-refractivity contribution in [1.29, 1.82) is 0 Å². The van der Waals surface area contributed by atoms with Crippen LogP contribution in [-0.4, -0.2) is 68.4 Å². The van der Waals surface area contributed by atoms with Crippen LogP contribution in [0.3, 0.4) is 0 Å².